The highest BCUT2D eigenvalue weighted by Crippen LogP contribution is 2.11. The normalized spacial score (nSPS) is 17.8. The Hall–Kier alpha value is -1.36. The van der Waals surface area contributed by atoms with Crippen LogP contribution in [0.5, 0.6) is 0 Å². The quantitative estimate of drug-likeness (QED) is 0.628. The van der Waals surface area contributed by atoms with Gasteiger partial charge in [0.15, 0.2) is 0 Å². The lowest BCUT2D eigenvalue weighted by atomic mass is 9.98. The lowest BCUT2D eigenvalue weighted by Crippen LogP contribution is -2.49. The Morgan fingerprint density at radius 1 is 1.47 bits per heavy atom. The number of carbonyl (C=O) groups is 1. The molecule has 0 atom stereocenters. The molecule has 1 rings (SSSR count). The molecule has 0 aromatic rings. The molecule has 1 amide bonds. The molecule has 1 fully saturated rings. The van der Waals surface area contributed by atoms with Crippen molar-refractivity contribution < 1.29 is 4.79 Å². The van der Waals surface area contributed by atoms with Crippen LogP contribution in [0.25, 0.3) is 0 Å². The average Bonchev–Trinajstić information content (AvgIpc) is 2.28. The summed E-state index contributed by atoms with van der Waals surface area (Å²) >= 11 is 0. The zero-order valence-corrected chi connectivity index (χ0v) is 12.4. The third kappa shape index (κ3) is 5.42. The molecule has 0 aromatic heterocycles. The van der Waals surface area contributed by atoms with Crippen molar-refractivity contribution in [2.24, 2.45) is 5.92 Å². The Morgan fingerprint density at radius 2 is 2.16 bits per heavy atom. The van der Waals surface area contributed by atoms with Gasteiger partial charge in [-0.1, -0.05) is 13.8 Å². The zero-order valence-electron chi connectivity index (χ0n) is 12.4. The number of rotatable bonds is 6. The lowest BCUT2D eigenvalue weighted by Gasteiger charge is -2.27. The first kappa shape index (κ1) is 15.7. The Kier molecular flexibility index (Phi) is 6.02. The summed E-state index contributed by atoms with van der Waals surface area (Å²) in [6.07, 6.45) is 1.95. The minimum absolute atomic E-state index is 0.0504. The summed E-state index contributed by atoms with van der Waals surface area (Å²) in [7, 11) is 0. The van der Waals surface area contributed by atoms with Gasteiger partial charge in [0.2, 0.25) is 5.91 Å². The van der Waals surface area contributed by atoms with E-state index < -0.39 is 0 Å². The van der Waals surface area contributed by atoms with E-state index in [1.807, 2.05) is 11.1 Å². The minimum Gasteiger partial charge on any atom is -0.388 e. The van der Waals surface area contributed by atoms with Crippen LogP contribution in [0.1, 0.15) is 27.7 Å². The molecule has 0 saturated carbocycles. The van der Waals surface area contributed by atoms with E-state index in [1.54, 1.807) is 0 Å². The molecule has 5 heteroatoms. The topological polar surface area (TPSA) is 68.2 Å². The van der Waals surface area contributed by atoms with E-state index in [2.05, 4.69) is 38.3 Å². The fourth-order valence-corrected chi connectivity index (χ4v) is 2.00. The fourth-order valence-electron chi connectivity index (χ4n) is 2.00. The van der Waals surface area contributed by atoms with Crippen LogP contribution in [0.2, 0.25) is 0 Å². The summed E-state index contributed by atoms with van der Waals surface area (Å²) in [5.74, 6) is 0.354. The average molecular weight is 266 g/mol. The number of nitrogens with one attached hydrogen (secondary N) is 3. The molecular weight excluding hydrogens is 240 g/mol. The van der Waals surface area contributed by atoms with Crippen LogP contribution in [-0.4, -0.2) is 48.7 Å². The molecule has 0 radical (unpaired) electrons. The van der Waals surface area contributed by atoms with Crippen LogP contribution < -0.4 is 10.6 Å². The first-order valence-corrected chi connectivity index (χ1v) is 6.93. The molecule has 1 aliphatic heterocycles. The predicted octanol–water partition coefficient (Wildman–Crippen LogP) is 0.976. The van der Waals surface area contributed by atoms with Gasteiger partial charge in [-0.3, -0.25) is 9.69 Å². The maximum absolute atomic E-state index is 11.3. The van der Waals surface area contributed by atoms with Crippen molar-refractivity contribution in [1.29, 1.82) is 5.41 Å². The Morgan fingerprint density at radius 3 is 2.68 bits per heavy atom. The van der Waals surface area contributed by atoms with Gasteiger partial charge in [0, 0.05) is 31.9 Å². The molecule has 19 heavy (non-hydrogen) atoms. The third-order valence-corrected chi connectivity index (χ3v) is 3.04. The van der Waals surface area contributed by atoms with Crippen molar-refractivity contribution >= 4 is 11.6 Å². The van der Waals surface area contributed by atoms with Gasteiger partial charge in [-0.15, -0.1) is 0 Å². The molecule has 5 nitrogen and oxygen atoms in total. The summed E-state index contributed by atoms with van der Waals surface area (Å²) in [5.41, 5.74) is 1.61. The standard InChI is InChI=1S/C14H26N4O/c1-10(2)12(7-17-11(3)4)13(15)8-18-6-5-16-14(19)9-18/h7,10-11,15,17H,5-6,8-9H2,1-4H3,(H,16,19)/b12-7-,15-13?. The lowest BCUT2D eigenvalue weighted by molar-refractivity contribution is -0.123. The summed E-state index contributed by atoms with van der Waals surface area (Å²) < 4.78 is 0. The molecule has 0 bridgehead atoms. The minimum atomic E-state index is 0.0504. The summed E-state index contributed by atoms with van der Waals surface area (Å²) in [5, 5.41) is 14.3. The van der Waals surface area contributed by atoms with E-state index in [0.29, 0.717) is 37.3 Å². The van der Waals surface area contributed by atoms with Crippen molar-refractivity contribution in [3.63, 3.8) is 0 Å². The summed E-state index contributed by atoms with van der Waals surface area (Å²) in [6, 6.07) is 0.363. The smallest absolute Gasteiger partial charge is 0.234 e. The van der Waals surface area contributed by atoms with E-state index in [4.69, 9.17) is 5.41 Å². The van der Waals surface area contributed by atoms with Gasteiger partial charge in [0.05, 0.1) is 12.3 Å². The van der Waals surface area contributed by atoms with Crippen molar-refractivity contribution in [1.82, 2.24) is 15.5 Å². The zero-order chi connectivity index (χ0) is 14.4. The van der Waals surface area contributed by atoms with Gasteiger partial charge < -0.3 is 16.0 Å². The van der Waals surface area contributed by atoms with E-state index in [0.717, 1.165) is 12.1 Å². The number of carbonyl (C=O) groups excluding carboxylic acids is 1. The molecule has 108 valence electrons. The van der Waals surface area contributed by atoms with Crippen molar-refractivity contribution in [3.8, 4) is 0 Å². The molecule has 0 aromatic carbocycles. The van der Waals surface area contributed by atoms with Crippen LogP contribution >= 0.6 is 0 Å². The van der Waals surface area contributed by atoms with E-state index in [1.165, 1.54) is 0 Å². The molecule has 3 N–H and O–H groups in total. The van der Waals surface area contributed by atoms with Crippen LogP contribution in [-0.2, 0) is 4.79 Å². The summed E-state index contributed by atoms with van der Waals surface area (Å²) in [4.78, 5) is 13.3. The van der Waals surface area contributed by atoms with Crippen LogP contribution in [0.4, 0.5) is 0 Å². The maximum Gasteiger partial charge on any atom is 0.234 e. The largest absolute Gasteiger partial charge is 0.388 e. The number of nitrogens with zero attached hydrogens (tertiary/aromatic N) is 1. The maximum atomic E-state index is 11.3. The molecular formula is C14H26N4O. The Bertz CT molecular complexity index is 360. The molecule has 1 saturated heterocycles. The van der Waals surface area contributed by atoms with Crippen molar-refractivity contribution in [2.45, 2.75) is 33.7 Å². The molecule has 0 aliphatic carbocycles. The van der Waals surface area contributed by atoms with Gasteiger partial charge in [0.25, 0.3) is 0 Å². The number of amides is 1. The van der Waals surface area contributed by atoms with Crippen LogP contribution in [0.15, 0.2) is 11.8 Å². The highest BCUT2D eigenvalue weighted by atomic mass is 16.2. The highest BCUT2D eigenvalue weighted by molar-refractivity contribution is 5.99. The Balaban J connectivity index is 2.61. The monoisotopic (exact) mass is 266 g/mol. The first-order chi connectivity index (χ1) is 8.90. The van der Waals surface area contributed by atoms with E-state index in [9.17, 15) is 4.79 Å². The van der Waals surface area contributed by atoms with Crippen molar-refractivity contribution in [3.05, 3.63) is 11.8 Å². The SMILES string of the molecule is CC(C)N/C=C(\C(=N)CN1CCNC(=O)C1)C(C)C. The molecule has 0 unspecified atom stereocenters. The predicted molar refractivity (Wildman–Crippen MR) is 78.4 cm³/mol. The molecule has 1 heterocycles. The summed E-state index contributed by atoms with van der Waals surface area (Å²) in [6.45, 7) is 10.8. The fraction of sp³-hybridized carbons (Fsp3) is 0.714. The van der Waals surface area contributed by atoms with Gasteiger partial charge in [-0.25, -0.2) is 0 Å². The van der Waals surface area contributed by atoms with Crippen LogP contribution in [0.3, 0.4) is 0 Å². The van der Waals surface area contributed by atoms with Gasteiger partial charge in [-0.05, 0) is 25.3 Å². The molecule has 0 spiro atoms. The highest BCUT2D eigenvalue weighted by Gasteiger charge is 2.19. The Labute approximate surface area is 115 Å². The first-order valence-electron chi connectivity index (χ1n) is 6.93. The molecule has 1 aliphatic rings. The van der Waals surface area contributed by atoms with Crippen LogP contribution in [0, 0.1) is 11.3 Å². The third-order valence-electron chi connectivity index (χ3n) is 3.04. The number of piperazine rings is 1. The van der Waals surface area contributed by atoms with Gasteiger partial charge >= 0.3 is 0 Å². The second-order valence-electron chi connectivity index (χ2n) is 5.61. The van der Waals surface area contributed by atoms with E-state index in [-0.39, 0.29) is 5.91 Å². The second kappa shape index (κ2) is 7.28. The van der Waals surface area contributed by atoms with Gasteiger partial charge in [0.1, 0.15) is 0 Å². The number of hydrogen-bond donors (Lipinski definition) is 3. The van der Waals surface area contributed by atoms with Crippen molar-refractivity contribution in [2.75, 3.05) is 26.2 Å². The number of hydrogen-bond acceptors (Lipinski definition) is 4. The van der Waals surface area contributed by atoms with Gasteiger partial charge in [-0.2, -0.15) is 0 Å². The second-order valence-corrected chi connectivity index (χ2v) is 5.61. The van der Waals surface area contributed by atoms with E-state index >= 15 is 0 Å².